The Balaban J connectivity index is 1.67. The first-order valence-corrected chi connectivity index (χ1v) is 9.69. The minimum atomic E-state index is -0.395. The molecule has 3 rings (SSSR count). The molecule has 0 aromatic heterocycles. The normalized spacial score (nSPS) is 15.6. The van der Waals surface area contributed by atoms with E-state index >= 15 is 0 Å². The summed E-state index contributed by atoms with van der Waals surface area (Å²) in [5, 5.41) is 5.65. The van der Waals surface area contributed by atoms with Gasteiger partial charge in [0.15, 0.2) is 0 Å². The molecule has 2 aromatic carbocycles. The molecule has 7 heteroatoms. The first-order chi connectivity index (χ1) is 14.0. The molecule has 29 heavy (non-hydrogen) atoms. The first kappa shape index (κ1) is 20.5. The van der Waals surface area contributed by atoms with E-state index in [2.05, 4.69) is 10.6 Å². The Hall–Kier alpha value is -3.19. The third-order valence-corrected chi connectivity index (χ3v) is 4.82. The second kappa shape index (κ2) is 9.34. The van der Waals surface area contributed by atoms with Crippen LogP contribution in [0.1, 0.15) is 36.5 Å². The maximum absolute atomic E-state index is 12.8. The van der Waals surface area contributed by atoms with E-state index in [9.17, 15) is 14.4 Å². The molecule has 1 heterocycles. The van der Waals surface area contributed by atoms with Crippen molar-refractivity contribution in [3.63, 3.8) is 0 Å². The second-order valence-corrected chi connectivity index (χ2v) is 6.85. The van der Waals surface area contributed by atoms with Crippen molar-refractivity contribution in [3.05, 3.63) is 54.1 Å². The van der Waals surface area contributed by atoms with Gasteiger partial charge in [-0.1, -0.05) is 19.1 Å². The van der Waals surface area contributed by atoms with Crippen molar-refractivity contribution in [1.82, 2.24) is 0 Å². The van der Waals surface area contributed by atoms with Crippen molar-refractivity contribution < 1.29 is 19.1 Å². The zero-order chi connectivity index (χ0) is 20.8. The Morgan fingerprint density at radius 1 is 1.03 bits per heavy atom. The van der Waals surface area contributed by atoms with Gasteiger partial charge in [0.25, 0.3) is 11.8 Å². The molecular formula is C22H25N3O4. The topological polar surface area (TPSA) is 87.7 Å². The number of carbonyl (C=O) groups is 3. The average Bonchev–Trinajstić information content (AvgIpc) is 3.29. The largest absolute Gasteiger partial charge is 0.368 e. The van der Waals surface area contributed by atoms with Crippen LogP contribution in [0.15, 0.2) is 48.5 Å². The third-order valence-electron chi connectivity index (χ3n) is 4.82. The summed E-state index contributed by atoms with van der Waals surface area (Å²) >= 11 is 0. The molecule has 7 nitrogen and oxygen atoms in total. The van der Waals surface area contributed by atoms with Crippen molar-refractivity contribution in [2.45, 2.75) is 32.3 Å². The molecular weight excluding hydrogens is 370 g/mol. The predicted octanol–water partition coefficient (Wildman–Crippen LogP) is 3.43. The van der Waals surface area contributed by atoms with E-state index in [-0.39, 0.29) is 17.7 Å². The highest BCUT2D eigenvalue weighted by atomic mass is 16.5. The van der Waals surface area contributed by atoms with Gasteiger partial charge in [0.05, 0.1) is 11.3 Å². The number of hydrogen-bond donors (Lipinski definition) is 2. The van der Waals surface area contributed by atoms with Gasteiger partial charge in [-0.05, 0) is 49.2 Å². The Morgan fingerprint density at radius 2 is 1.69 bits per heavy atom. The molecule has 0 spiro atoms. The van der Waals surface area contributed by atoms with Crippen LogP contribution in [0.5, 0.6) is 0 Å². The van der Waals surface area contributed by atoms with Gasteiger partial charge in [-0.2, -0.15) is 0 Å². The van der Waals surface area contributed by atoms with Crippen LogP contribution in [0.3, 0.4) is 0 Å². The number of ether oxygens (including phenoxy) is 1. The van der Waals surface area contributed by atoms with Crippen LogP contribution in [0, 0.1) is 0 Å². The first-order valence-electron chi connectivity index (χ1n) is 9.69. The highest BCUT2D eigenvalue weighted by Gasteiger charge is 2.23. The van der Waals surface area contributed by atoms with Gasteiger partial charge in [0.1, 0.15) is 6.10 Å². The Labute approximate surface area is 170 Å². The van der Waals surface area contributed by atoms with Crippen LogP contribution in [-0.4, -0.2) is 37.5 Å². The summed E-state index contributed by atoms with van der Waals surface area (Å²) < 4.78 is 5.37. The Morgan fingerprint density at radius 3 is 2.31 bits per heavy atom. The van der Waals surface area contributed by atoms with Crippen LogP contribution >= 0.6 is 0 Å². The fourth-order valence-corrected chi connectivity index (χ4v) is 3.17. The molecule has 3 amide bonds. The van der Waals surface area contributed by atoms with Gasteiger partial charge < -0.3 is 20.3 Å². The van der Waals surface area contributed by atoms with Crippen molar-refractivity contribution in [1.29, 1.82) is 0 Å². The van der Waals surface area contributed by atoms with Crippen LogP contribution in [0.2, 0.25) is 0 Å². The van der Waals surface area contributed by atoms with E-state index in [1.54, 1.807) is 62.5 Å². The van der Waals surface area contributed by atoms with Gasteiger partial charge >= 0.3 is 0 Å². The monoisotopic (exact) mass is 395 g/mol. The molecule has 0 aliphatic carbocycles. The molecule has 1 aliphatic rings. The van der Waals surface area contributed by atoms with E-state index in [0.717, 1.165) is 12.8 Å². The predicted molar refractivity (Wildman–Crippen MR) is 112 cm³/mol. The lowest BCUT2D eigenvalue weighted by Crippen LogP contribution is -2.28. The summed E-state index contributed by atoms with van der Waals surface area (Å²) in [5.41, 5.74) is 2.19. The maximum atomic E-state index is 12.8. The summed E-state index contributed by atoms with van der Waals surface area (Å²) in [6.07, 6.45) is 1.58. The van der Waals surface area contributed by atoms with Crippen molar-refractivity contribution in [2.75, 3.05) is 29.2 Å². The molecule has 0 unspecified atom stereocenters. The molecule has 1 aliphatic heterocycles. The van der Waals surface area contributed by atoms with Crippen LogP contribution in [0.4, 0.5) is 17.1 Å². The summed E-state index contributed by atoms with van der Waals surface area (Å²) in [5.74, 6) is -0.541. The number of amides is 3. The molecule has 2 N–H and O–H groups in total. The number of rotatable bonds is 6. The number of anilines is 3. The summed E-state index contributed by atoms with van der Waals surface area (Å²) in [7, 11) is 1.66. The Bertz CT molecular complexity index is 889. The smallest absolute Gasteiger partial charge is 0.257 e. The third kappa shape index (κ3) is 5.00. The van der Waals surface area contributed by atoms with E-state index in [1.807, 2.05) is 0 Å². The quantitative estimate of drug-likeness (QED) is 0.784. The molecule has 0 radical (unpaired) electrons. The van der Waals surface area contributed by atoms with E-state index in [0.29, 0.717) is 35.7 Å². The lowest BCUT2D eigenvalue weighted by molar-refractivity contribution is -0.124. The zero-order valence-corrected chi connectivity index (χ0v) is 16.6. The zero-order valence-electron chi connectivity index (χ0n) is 16.6. The number of carbonyl (C=O) groups excluding carboxylic acids is 3. The highest BCUT2D eigenvalue weighted by molar-refractivity contribution is 6.10. The van der Waals surface area contributed by atoms with Gasteiger partial charge in [-0.3, -0.25) is 14.4 Å². The summed E-state index contributed by atoms with van der Waals surface area (Å²) in [6, 6.07) is 13.8. The molecule has 1 atom stereocenters. The number of nitrogens with one attached hydrogen (secondary N) is 2. The van der Waals surface area contributed by atoms with Crippen LogP contribution in [0.25, 0.3) is 0 Å². The van der Waals surface area contributed by atoms with Gasteiger partial charge in [-0.25, -0.2) is 0 Å². The number of nitrogens with zero attached hydrogens (tertiary/aromatic N) is 1. The molecule has 0 saturated carbocycles. The van der Waals surface area contributed by atoms with E-state index < -0.39 is 6.10 Å². The fourth-order valence-electron chi connectivity index (χ4n) is 3.17. The van der Waals surface area contributed by atoms with Crippen molar-refractivity contribution >= 4 is 34.8 Å². The molecule has 0 bridgehead atoms. The average molecular weight is 395 g/mol. The Kier molecular flexibility index (Phi) is 6.61. The highest BCUT2D eigenvalue weighted by Crippen LogP contribution is 2.22. The maximum Gasteiger partial charge on any atom is 0.257 e. The van der Waals surface area contributed by atoms with Crippen molar-refractivity contribution in [2.24, 2.45) is 0 Å². The SMILES string of the molecule is CCC(=O)N(C)c1ccccc1C(=O)Nc1ccc(NC(=O)[C@H]2CCCO2)cc1. The summed E-state index contributed by atoms with van der Waals surface area (Å²) in [6.45, 7) is 2.39. The minimum Gasteiger partial charge on any atom is -0.368 e. The molecule has 1 fully saturated rings. The summed E-state index contributed by atoms with van der Waals surface area (Å²) in [4.78, 5) is 38.4. The fraction of sp³-hybridized carbons (Fsp3) is 0.318. The second-order valence-electron chi connectivity index (χ2n) is 6.85. The van der Waals surface area contributed by atoms with Gasteiger partial charge in [-0.15, -0.1) is 0 Å². The van der Waals surface area contributed by atoms with E-state index in [1.165, 1.54) is 4.90 Å². The van der Waals surface area contributed by atoms with Crippen LogP contribution < -0.4 is 15.5 Å². The lowest BCUT2D eigenvalue weighted by atomic mass is 10.1. The molecule has 1 saturated heterocycles. The number of para-hydroxylation sites is 1. The lowest BCUT2D eigenvalue weighted by Gasteiger charge is -2.20. The standard InChI is InChI=1S/C22H25N3O4/c1-3-20(26)25(2)18-8-5-4-7-17(18)21(27)23-15-10-12-16(13-11-15)24-22(28)19-9-6-14-29-19/h4-5,7-8,10-13,19H,3,6,9,14H2,1-2H3,(H,23,27)(H,24,28)/t19-/m1/s1. The van der Waals surface area contributed by atoms with Gasteiger partial charge in [0.2, 0.25) is 5.91 Å². The van der Waals surface area contributed by atoms with E-state index in [4.69, 9.17) is 4.74 Å². The number of benzene rings is 2. The van der Waals surface area contributed by atoms with Gasteiger partial charge in [0, 0.05) is 31.5 Å². The van der Waals surface area contributed by atoms with Crippen LogP contribution in [-0.2, 0) is 14.3 Å². The molecule has 152 valence electrons. The number of hydrogen-bond acceptors (Lipinski definition) is 4. The molecule has 2 aromatic rings. The minimum absolute atomic E-state index is 0.0726. The van der Waals surface area contributed by atoms with Crippen molar-refractivity contribution in [3.8, 4) is 0 Å².